The molecule has 1 rings (SSSR count). The van der Waals surface area contributed by atoms with Gasteiger partial charge in [-0.2, -0.15) is 0 Å². The maximum atomic E-state index is 11.7. The Kier molecular flexibility index (Phi) is 3.49. The minimum absolute atomic E-state index is 0. The summed E-state index contributed by atoms with van der Waals surface area (Å²) in [5.41, 5.74) is 4.32. The molecule has 0 saturated heterocycles. The average Bonchev–Trinajstić information content (AvgIpc) is 2.09. The number of Topliss-reactive ketones (excluding diaryl/α,β-unsaturated/α-hetero) is 1. The van der Waals surface area contributed by atoms with Crippen molar-refractivity contribution < 1.29 is 4.79 Å². The van der Waals surface area contributed by atoms with Gasteiger partial charge in [-0.15, -0.1) is 0 Å². The van der Waals surface area contributed by atoms with Gasteiger partial charge < -0.3 is 0 Å². The third kappa shape index (κ3) is 1.56. The quantitative estimate of drug-likeness (QED) is 0.571. The molecule has 0 spiro atoms. The van der Waals surface area contributed by atoms with Gasteiger partial charge in [0.15, 0.2) is 5.78 Å². The Labute approximate surface area is 87.9 Å². The Morgan fingerprint density at radius 1 is 0.857 bits per heavy atom. The summed E-state index contributed by atoms with van der Waals surface area (Å²) in [5, 5.41) is 0. The summed E-state index contributed by atoms with van der Waals surface area (Å²) in [4.78, 5) is 11.7. The highest BCUT2D eigenvalue weighted by Crippen LogP contribution is 2.41. The number of allylic oxidation sites excluding steroid dienone is 4. The van der Waals surface area contributed by atoms with Crippen LogP contribution in [0.3, 0.4) is 0 Å². The van der Waals surface area contributed by atoms with E-state index in [0.29, 0.717) is 0 Å². The number of carbonyl (C=O) groups is 1. The SMILES string of the molecule is C.CC1=C(C)C(C)(C)C(C)=C(C)C1=O. The van der Waals surface area contributed by atoms with E-state index in [1.54, 1.807) is 0 Å². The maximum absolute atomic E-state index is 11.7. The molecule has 0 aromatic heterocycles. The zero-order valence-corrected chi connectivity index (χ0v) is 9.41. The standard InChI is InChI=1S/C12H18O.CH4/c1-7-9(3)12(5,6)10(4)8(2)11(7)13;/h1-6H3;1H4. The molecule has 0 bridgehead atoms. The second kappa shape index (κ2) is 3.72. The number of hydrogen-bond acceptors (Lipinski definition) is 1. The molecular weight excluding hydrogens is 172 g/mol. The van der Waals surface area contributed by atoms with Crippen LogP contribution in [0.2, 0.25) is 0 Å². The van der Waals surface area contributed by atoms with Crippen LogP contribution < -0.4 is 0 Å². The highest BCUT2D eigenvalue weighted by atomic mass is 16.1. The van der Waals surface area contributed by atoms with Crippen LogP contribution in [0.25, 0.3) is 0 Å². The molecule has 1 aliphatic rings. The summed E-state index contributed by atoms with van der Waals surface area (Å²) in [5.74, 6) is 0.217. The van der Waals surface area contributed by atoms with Crippen LogP contribution in [-0.2, 0) is 4.79 Å². The van der Waals surface area contributed by atoms with Gasteiger partial charge in [0.25, 0.3) is 0 Å². The van der Waals surface area contributed by atoms with Gasteiger partial charge in [-0.05, 0) is 38.8 Å². The second-order valence-corrected chi connectivity index (χ2v) is 4.45. The number of ketones is 1. The lowest BCUT2D eigenvalue weighted by atomic mass is 9.70. The van der Waals surface area contributed by atoms with Crippen molar-refractivity contribution in [2.24, 2.45) is 5.41 Å². The molecule has 0 amide bonds. The summed E-state index contributed by atoms with van der Waals surface area (Å²) in [7, 11) is 0. The Morgan fingerprint density at radius 3 is 1.43 bits per heavy atom. The van der Waals surface area contributed by atoms with Crippen molar-refractivity contribution in [2.75, 3.05) is 0 Å². The van der Waals surface area contributed by atoms with Crippen molar-refractivity contribution in [1.29, 1.82) is 0 Å². The summed E-state index contributed by atoms with van der Waals surface area (Å²) < 4.78 is 0. The lowest BCUT2D eigenvalue weighted by Crippen LogP contribution is -2.26. The third-order valence-corrected chi connectivity index (χ3v) is 3.68. The highest BCUT2D eigenvalue weighted by molar-refractivity contribution is 6.09. The van der Waals surface area contributed by atoms with Crippen LogP contribution in [0.5, 0.6) is 0 Å². The summed E-state index contributed by atoms with van der Waals surface area (Å²) in [6, 6.07) is 0. The Hall–Kier alpha value is -0.850. The number of carbonyl (C=O) groups excluding carboxylic acids is 1. The predicted molar refractivity (Wildman–Crippen MR) is 62.3 cm³/mol. The van der Waals surface area contributed by atoms with Crippen molar-refractivity contribution in [3.05, 3.63) is 22.3 Å². The first-order chi connectivity index (χ1) is 5.80. The van der Waals surface area contributed by atoms with Crippen molar-refractivity contribution in [3.8, 4) is 0 Å². The van der Waals surface area contributed by atoms with Gasteiger partial charge in [0.05, 0.1) is 0 Å². The van der Waals surface area contributed by atoms with Crippen LogP contribution in [-0.4, -0.2) is 5.78 Å². The van der Waals surface area contributed by atoms with E-state index < -0.39 is 0 Å². The number of hydrogen-bond donors (Lipinski definition) is 0. The van der Waals surface area contributed by atoms with E-state index in [1.165, 1.54) is 11.1 Å². The van der Waals surface area contributed by atoms with Gasteiger partial charge in [0, 0.05) is 5.41 Å². The summed E-state index contributed by atoms with van der Waals surface area (Å²) in [6.07, 6.45) is 0. The molecular formula is C13H22O. The van der Waals surface area contributed by atoms with Gasteiger partial charge in [0.1, 0.15) is 0 Å². The van der Waals surface area contributed by atoms with Gasteiger partial charge in [-0.1, -0.05) is 32.4 Å². The van der Waals surface area contributed by atoms with Crippen molar-refractivity contribution in [1.82, 2.24) is 0 Å². The lowest BCUT2D eigenvalue weighted by Gasteiger charge is -2.34. The van der Waals surface area contributed by atoms with E-state index in [4.69, 9.17) is 0 Å². The molecule has 0 fully saturated rings. The fraction of sp³-hybridized carbons (Fsp3) is 0.615. The van der Waals surface area contributed by atoms with Crippen molar-refractivity contribution >= 4 is 5.78 Å². The van der Waals surface area contributed by atoms with E-state index >= 15 is 0 Å². The fourth-order valence-electron chi connectivity index (χ4n) is 1.84. The lowest BCUT2D eigenvalue weighted by molar-refractivity contribution is -0.112. The molecule has 0 aliphatic heterocycles. The van der Waals surface area contributed by atoms with Gasteiger partial charge in [-0.25, -0.2) is 0 Å². The van der Waals surface area contributed by atoms with E-state index in [2.05, 4.69) is 27.7 Å². The van der Waals surface area contributed by atoms with Crippen LogP contribution in [0.4, 0.5) is 0 Å². The highest BCUT2D eigenvalue weighted by Gasteiger charge is 2.32. The van der Waals surface area contributed by atoms with E-state index in [9.17, 15) is 4.79 Å². The molecule has 0 aromatic carbocycles. The zero-order valence-electron chi connectivity index (χ0n) is 9.41. The minimum Gasteiger partial charge on any atom is -0.289 e. The monoisotopic (exact) mass is 194 g/mol. The van der Waals surface area contributed by atoms with Crippen molar-refractivity contribution in [2.45, 2.75) is 49.0 Å². The largest absolute Gasteiger partial charge is 0.289 e. The molecule has 0 radical (unpaired) electrons. The van der Waals surface area contributed by atoms with Crippen LogP contribution in [0.15, 0.2) is 22.3 Å². The van der Waals surface area contributed by atoms with Crippen LogP contribution >= 0.6 is 0 Å². The van der Waals surface area contributed by atoms with E-state index in [0.717, 1.165) is 11.1 Å². The van der Waals surface area contributed by atoms with Crippen LogP contribution in [0.1, 0.15) is 49.0 Å². The maximum Gasteiger partial charge on any atom is 0.184 e. The molecule has 0 aromatic rings. The molecule has 1 aliphatic carbocycles. The predicted octanol–water partition coefficient (Wildman–Crippen LogP) is 3.90. The zero-order chi connectivity index (χ0) is 10.4. The van der Waals surface area contributed by atoms with Gasteiger partial charge in [0.2, 0.25) is 0 Å². The first kappa shape index (κ1) is 13.2. The van der Waals surface area contributed by atoms with Gasteiger partial charge in [-0.3, -0.25) is 4.79 Å². The molecule has 80 valence electrons. The fourth-order valence-corrected chi connectivity index (χ4v) is 1.84. The van der Waals surface area contributed by atoms with E-state index in [1.807, 2.05) is 13.8 Å². The Balaban J connectivity index is 0.00000169. The third-order valence-electron chi connectivity index (χ3n) is 3.68. The first-order valence-electron chi connectivity index (χ1n) is 4.70. The molecule has 1 nitrogen and oxygen atoms in total. The normalized spacial score (nSPS) is 21.1. The molecule has 0 heterocycles. The average molecular weight is 194 g/mol. The van der Waals surface area contributed by atoms with Crippen molar-refractivity contribution in [3.63, 3.8) is 0 Å². The summed E-state index contributed by atoms with van der Waals surface area (Å²) in [6.45, 7) is 12.3. The minimum atomic E-state index is 0. The molecule has 0 N–H and O–H groups in total. The van der Waals surface area contributed by atoms with Crippen LogP contribution in [0, 0.1) is 5.41 Å². The van der Waals surface area contributed by atoms with Gasteiger partial charge >= 0.3 is 0 Å². The molecule has 1 heteroatoms. The summed E-state index contributed by atoms with van der Waals surface area (Å²) >= 11 is 0. The molecule has 0 atom stereocenters. The smallest absolute Gasteiger partial charge is 0.184 e. The first-order valence-corrected chi connectivity index (χ1v) is 4.70. The molecule has 0 unspecified atom stereocenters. The number of rotatable bonds is 0. The topological polar surface area (TPSA) is 17.1 Å². The van der Waals surface area contributed by atoms with E-state index in [-0.39, 0.29) is 18.6 Å². The molecule has 14 heavy (non-hydrogen) atoms. The molecule has 0 saturated carbocycles. The Morgan fingerprint density at radius 2 is 1.14 bits per heavy atom. The second-order valence-electron chi connectivity index (χ2n) is 4.45. The Bertz CT molecular complexity index is 297.